The molecule has 1 amide bonds. The van der Waals surface area contributed by atoms with E-state index in [-0.39, 0.29) is 5.91 Å². The van der Waals surface area contributed by atoms with E-state index >= 15 is 0 Å². The first-order valence-corrected chi connectivity index (χ1v) is 9.77. The lowest BCUT2D eigenvalue weighted by Gasteiger charge is -2.11. The molecular weight excluding hydrogens is 366 g/mol. The molecule has 0 spiro atoms. The fraction of sp³-hybridized carbons (Fsp3) is 0.312. The van der Waals surface area contributed by atoms with Crippen molar-refractivity contribution in [3.63, 3.8) is 0 Å². The normalized spacial score (nSPS) is 14.9. The Balaban J connectivity index is 1.42. The topological polar surface area (TPSA) is 59.2 Å². The molecule has 24 heavy (non-hydrogen) atoms. The summed E-state index contributed by atoms with van der Waals surface area (Å²) in [5, 5.41) is 10.5. The first-order chi connectivity index (χ1) is 11.7. The third-order valence-corrected chi connectivity index (χ3v) is 6.62. The number of rotatable bonds is 5. The summed E-state index contributed by atoms with van der Waals surface area (Å²) in [4.78, 5) is 14.5. The highest BCUT2D eigenvalue weighted by atomic mass is 35.5. The van der Waals surface area contributed by atoms with Gasteiger partial charge in [0.15, 0.2) is 0 Å². The van der Waals surface area contributed by atoms with Crippen LogP contribution in [0.15, 0.2) is 33.9 Å². The van der Waals surface area contributed by atoms with Crippen LogP contribution in [-0.2, 0) is 17.1 Å². The van der Waals surface area contributed by atoms with Crippen LogP contribution in [0.4, 0.5) is 0 Å². The number of hydrogen-bond donors (Lipinski definition) is 0. The molecule has 0 aliphatic carbocycles. The van der Waals surface area contributed by atoms with Gasteiger partial charge in [0.2, 0.25) is 11.8 Å². The van der Waals surface area contributed by atoms with Crippen molar-refractivity contribution >= 4 is 50.7 Å². The molecule has 2 aromatic heterocycles. The van der Waals surface area contributed by atoms with E-state index in [2.05, 4.69) is 16.3 Å². The molecule has 3 aromatic rings. The van der Waals surface area contributed by atoms with Crippen LogP contribution >= 0.6 is 34.7 Å². The fourth-order valence-corrected chi connectivity index (χ4v) is 5.12. The van der Waals surface area contributed by atoms with Gasteiger partial charge in [-0.05, 0) is 12.5 Å². The van der Waals surface area contributed by atoms with E-state index in [9.17, 15) is 4.79 Å². The minimum atomic E-state index is 0.152. The number of likely N-dealkylation sites (tertiary alicyclic amines) is 1. The molecule has 5 nitrogen and oxygen atoms in total. The zero-order valence-electron chi connectivity index (χ0n) is 12.7. The number of thioether (sulfide) groups is 1. The van der Waals surface area contributed by atoms with Gasteiger partial charge in [0.05, 0.1) is 11.6 Å². The Morgan fingerprint density at radius 1 is 1.33 bits per heavy atom. The Morgan fingerprint density at radius 3 is 3.00 bits per heavy atom. The second kappa shape index (κ2) is 6.74. The summed E-state index contributed by atoms with van der Waals surface area (Å²) >= 11 is 9.59. The van der Waals surface area contributed by atoms with Crippen molar-refractivity contribution in [2.45, 2.75) is 30.4 Å². The van der Waals surface area contributed by atoms with Crippen LogP contribution in [0.25, 0.3) is 10.1 Å². The molecule has 124 valence electrons. The Labute approximate surface area is 152 Å². The van der Waals surface area contributed by atoms with Crippen molar-refractivity contribution < 1.29 is 9.21 Å². The Hall–Kier alpha value is -1.57. The second-order valence-corrected chi connectivity index (χ2v) is 7.95. The minimum Gasteiger partial charge on any atom is -0.414 e. The molecule has 1 saturated heterocycles. The molecular formula is C16H14ClN3O2S2. The van der Waals surface area contributed by atoms with Gasteiger partial charge in [-0.1, -0.05) is 41.6 Å². The number of nitrogens with zero attached hydrogens (tertiary/aromatic N) is 3. The van der Waals surface area contributed by atoms with Crippen LogP contribution in [0.3, 0.4) is 0 Å². The predicted molar refractivity (Wildman–Crippen MR) is 95.3 cm³/mol. The summed E-state index contributed by atoms with van der Waals surface area (Å²) < 4.78 is 6.82. The maximum atomic E-state index is 11.6. The Kier molecular flexibility index (Phi) is 4.47. The molecule has 8 heteroatoms. The summed E-state index contributed by atoms with van der Waals surface area (Å²) in [5.41, 5.74) is 0. The molecule has 1 aliphatic rings. The van der Waals surface area contributed by atoms with Gasteiger partial charge in [0, 0.05) is 33.7 Å². The van der Waals surface area contributed by atoms with E-state index < -0.39 is 0 Å². The van der Waals surface area contributed by atoms with E-state index in [1.165, 1.54) is 16.5 Å². The average Bonchev–Trinajstić information content (AvgIpc) is 3.28. The summed E-state index contributed by atoms with van der Waals surface area (Å²) in [6.45, 7) is 1.16. The third-order valence-electron chi connectivity index (χ3n) is 3.87. The summed E-state index contributed by atoms with van der Waals surface area (Å²) in [6, 6.07) is 8.09. The maximum Gasteiger partial charge on any atom is 0.277 e. The van der Waals surface area contributed by atoms with E-state index in [4.69, 9.17) is 16.0 Å². The van der Waals surface area contributed by atoms with E-state index in [0.29, 0.717) is 29.8 Å². The predicted octanol–water partition coefficient (Wildman–Crippen LogP) is 4.35. The Bertz CT molecular complexity index is 892. The first kappa shape index (κ1) is 15.9. The van der Waals surface area contributed by atoms with Gasteiger partial charge < -0.3 is 9.32 Å². The van der Waals surface area contributed by atoms with Gasteiger partial charge in [0.25, 0.3) is 5.22 Å². The molecule has 0 atom stereocenters. The fourth-order valence-electron chi connectivity index (χ4n) is 2.68. The average molecular weight is 380 g/mol. The van der Waals surface area contributed by atoms with Crippen molar-refractivity contribution in [3.05, 3.63) is 40.1 Å². The lowest BCUT2D eigenvalue weighted by Crippen LogP contribution is -2.23. The Morgan fingerprint density at radius 2 is 2.21 bits per heavy atom. The standard InChI is InChI=1S/C16H14ClN3O2S2/c17-15-10-4-1-2-5-11(10)24-12(15)9-23-16-19-18-13(22-16)8-20-7-3-6-14(20)21/h1-2,4-5H,3,6-9H2. The molecule has 1 aromatic carbocycles. The molecule has 1 aliphatic heterocycles. The monoisotopic (exact) mass is 379 g/mol. The number of benzene rings is 1. The summed E-state index contributed by atoms with van der Waals surface area (Å²) in [5.74, 6) is 1.32. The van der Waals surface area contributed by atoms with Crippen LogP contribution in [0.5, 0.6) is 0 Å². The zero-order chi connectivity index (χ0) is 16.5. The minimum absolute atomic E-state index is 0.152. The summed E-state index contributed by atoms with van der Waals surface area (Å²) in [7, 11) is 0. The van der Waals surface area contributed by atoms with Crippen LogP contribution in [0.1, 0.15) is 23.6 Å². The molecule has 3 heterocycles. The van der Waals surface area contributed by atoms with Gasteiger partial charge >= 0.3 is 0 Å². The number of carbonyl (C=O) groups is 1. The lowest BCUT2D eigenvalue weighted by atomic mass is 10.2. The van der Waals surface area contributed by atoms with Crippen LogP contribution in [0, 0.1) is 0 Å². The highest BCUT2D eigenvalue weighted by molar-refractivity contribution is 7.98. The molecule has 0 saturated carbocycles. The molecule has 4 rings (SSSR count). The van der Waals surface area contributed by atoms with E-state index in [1.54, 1.807) is 16.2 Å². The van der Waals surface area contributed by atoms with Crippen LogP contribution < -0.4 is 0 Å². The molecule has 0 bridgehead atoms. The lowest BCUT2D eigenvalue weighted by molar-refractivity contribution is -0.128. The van der Waals surface area contributed by atoms with Crippen molar-refractivity contribution in [1.29, 1.82) is 0 Å². The van der Waals surface area contributed by atoms with E-state index in [0.717, 1.165) is 28.3 Å². The van der Waals surface area contributed by atoms with Crippen molar-refractivity contribution in [2.75, 3.05) is 6.54 Å². The SMILES string of the molecule is O=C1CCCN1Cc1nnc(SCc2sc3ccccc3c2Cl)o1. The quantitative estimate of drug-likeness (QED) is 0.616. The van der Waals surface area contributed by atoms with Crippen molar-refractivity contribution in [1.82, 2.24) is 15.1 Å². The number of halogens is 1. The number of fused-ring (bicyclic) bond motifs is 1. The summed E-state index contributed by atoms with van der Waals surface area (Å²) in [6.07, 6.45) is 1.51. The number of hydrogen-bond acceptors (Lipinski definition) is 6. The van der Waals surface area contributed by atoms with Gasteiger partial charge in [0.1, 0.15) is 0 Å². The van der Waals surface area contributed by atoms with Crippen LogP contribution in [0.2, 0.25) is 5.02 Å². The number of carbonyl (C=O) groups excluding carboxylic acids is 1. The highest BCUT2D eigenvalue weighted by Gasteiger charge is 2.22. The van der Waals surface area contributed by atoms with E-state index in [1.807, 2.05) is 18.2 Å². The molecule has 0 radical (unpaired) electrons. The highest BCUT2D eigenvalue weighted by Crippen LogP contribution is 2.38. The second-order valence-electron chi connectivity index (χ2n) is 5.50. The van der Waals surface area contributed by atoms with Gasteiger partial charge in [-0.2, -0.15) is 0 Å². The van der Waals surface area contributed by atoms with Gasteiger partial charge in [-0.15, -0.1) is 21.5 Å². The number of aromatic nitrogens is 2. The molecule has 0 unspecified atom stereocenters. The third kappa shape index (κ3) is 3.16. The maximum absolute atomic E-state index is 11.6. The van der Waals surface area contributed by atoms with Gasteiger partial charge in [-0.3, -0.25) is 4.79 Å². The number of thiophene rings is 1. The van der Waals surface area contributed by atoms with Crippen LogP contribution in [-0.4, -0.2) is 27.5 Å². The number of amides is 1. The molecule has 1 fully saturated rings. The van der Waals surface area contributed by atoms with Crippen molar-refractivity contribution in [3.8, 4) is 0 Å². The van der Waals surface area contributed by atoms with Gasteiger partial charge in [-0.25, -0.2) is 0 Å². The zero-order valence-corrected chi connectivity index (χ0v) is 15.1. The van der Waals surface area contributed by atoms with Crippen molar-refractivity contribution in [2.24, 2.45) is 0 Å². The smallest absolute Gasteiger partial charge is 0.277 e. The molecule has 0 N–H and O–H groups in total. The first-order valence-electron chi connectivity index (χ1n) is 7.59. The largest absolute Gasteiger partial charge is 0.414 e.